The number of unbranched alkanes of at least 4 members (excludes halogenated alkanes) is 6. The molecule has 0 atom stereocenters. The van der Waals surface area contributed by atoms with E-state index >= 15 is 0 Å². The Labute approximate surface area is 191 Å². The highest BCUT2D eigenvalue weighted by Gasteiger charge is 2.23. The molecular formula is C22H34N2O4S3. The molecule has 0 unspecified atom stereocenters. The van der Waals surface area contributed by atoms with Crippen molar-refractivity contribution in [1.82, 2.24) is 5.32 Å². The molecule has 0 saturated carbocycles. The molecule has 1 aromatic carbocycles. The smallest absolute Gasteiger partial charge is 0.215 e. The standard InChI is InChI=1S/C22H34N2O4S3/c23-16-11-18-24-17-9-4-2-1-3-5-10-19-30(25,26)21-14-15-22(29-21)31(27,28)20-12-7-6-8-13-20/h6-8,12-15,24H,1-5,9-11,16-19,23H2. The molecule has 0 radical (unpaired) electrons. The zero-order valence-corrected chi connectivity index (χ0v) is 20.4. The third-order valence-electron chi connectivity index (χ3n) is 5.01. The summed E-state index contributed by atoms with van der Waals surface area (Å²) >= 11 is 0.837. The molecule has 3 N–H and O–H groups in total. The van der Waals surface area contributed by atoms with Crippen molar-refractivity contribution in [2.75, 3.05) is 25.4 Å². The van der Waals surface area contributed by atoms with Crippen LogP contribution in [0.25, 0.3) is 0 Å². The summed E-state index contributed by atoms with van der Waals surface area (Å²) in [5, 5.41) is 3.37. The highest BCUT2D eigenvalue weighted by atomic mass is 32.3. The number of rotatable bonds is 16. The predicted molar refractivity (Wildman–Crippen MR) is 127 cm³/mol. The van der Waals surface area contributed by atoms with E-state index in [4.69, 9.17) is 5.73 Å². The molecule has 0 aliphatic carbocycles. The molecule has 0 aliphatic rings. The summed E-state index contributed by atoms with van der Waals surface area (Å²) in [6.45, 7) is 2.74. The third-order valence-corrected chi connectivity index (χ3v) is 10.7. The molecule has 9 heteroatoms. The van der Waals surface area contributed by atoms with Crippen molar-refractivity contribution in [2.45, 2.75) is 64.7 Å². The van der Waals surface area contributed by atoms with Crippen molar-refractivity contribution in [3.05, 3.63) is 42.5 Å². The summed E-state index contributed by atoms with van der Waals surface area (Å²) in [4.78, 5) is 0.173. The number of nitrogens with one attached hydrogen (secondary N) is 1. The summed E-state index contributed by atoms with van der Waals surface area (Å²) in [7, 11) is -7.14. The van der Waals surface area contributed by atoms with Crippen LogP contribution in [0.5, 0.6) is 0 Å². The molecule has 1 heterocycles. The molecule has 174 valence electrons. The van der Waals surface area contributed by atoms with Crippen molar-refractivity contribution in [3.63, 3.8) is 0 Å². The minimum absolute atomic E-state index is 0.0589. The van der Waals surface area contributed by atoms with E-state index in [1.54, 1.807) is 18.2 Å². The van der Waals surface area contributed by atoms with Gasteiger partial charge in [-0.1, -0.05) is 50.3 Å². The number of hydrogen-bond donors (Lipinski definition) is 2. The number of thiophene rings is 1. The molecule has 0 bridgehead atoms. The second-order valence-corrected chi connectivity index (χ2v) is 13.2. The van der Waals surface area contributed by atoms with E-state index < -0.39 is 19.7 Å². The van der Waals surface area contributed by atoms with E-state index in [0.717, 1.165) is 69.5 Å². The van der Waals surface area contributed by atoms with Crippen molar-refractivity contribution < 1.29 is 16.8 Å². The van der Waals surface area contributed by atoms with Gasteiger partial charge >= 0.3 is 0 Å². The number of hydrogen-bond acceptors (Lipinski definition) is 7. The van der Waals surface area contributed by atoms with Crippen LogP contribution in [0.1, 0.15) is 51.4 Å². The molecule has 31 heavy (non-hydrogen) atoms. The van der Waals surface area contributed by atoms with Gasteiger partial charge in [-0.15, -0.1) is 11.3 Å². The van der Waals surface area contributed by atoms with Crippen molar-refractivity contribution in [2.24, 2.45) is 5.73 Å². The van der Waals surface area contributed by atoms with E-state index in [9.17, 15) is 16.8 Å². The topological polar surface area (TPSA) is 106 Å². The Morgan fingerprint density at radius 1 is 0.710 bits per heavy atom. The highest BCUT2D eigenvalue weighted by molar-refractivity contribution is 7.96. The Morgan fingerprint density at radius 3 is 1.97 bits per heavy atom. The van der Waals surface area contributed by atoms with Crippen molar-refractivity contribution in [1.29, 1.82) is 0 Å². The van der Waals surface area contributed by atoms with Gasteiger partial charge in [0.25, 0.3) is 0 Å². The van der Waals surface area contributed by atoms with Crippen LogP contribution >= 0.6 is 11.3 Å². The monoisotopic (exact) mass is 486 g/mol. The minimum Gasteiger partial charge on any atom is -0.330 e. The van der Waals surface area contributed by atoms with E-state index in [-0.39, 0.29) is 19.1 Å². The Kier molecular flexibility index (Phi) is 11.2. The first-order valence-corrected chi connectivity index (χ1v) is 14.9. The largest absolute Gasteiger partial charge is 0.330 e. The van der Waals surface area contributed by atoms with Gasteiger partial charge in [0.1, 0.15) is 8.42 Å². The zero-order valence-electron chi connectivity index (χ0n) is 18.0. The van der Waals surface area contributed by atoms with Crippen LogP contribution in [-0.4, -0.2) is 42.2 Å². The van der Waals surface area contributed by atoms with Gasteiger partial charge in [-0.2, -0.15) is 0 Å². The molecule has 0 saturated heterocycles. The van der Waals surface area contributed by atoms with E-state index in [1.165, 1.54) is 30.7 Å². The molecule has 2 rings (SSSR count). The fourth-order valence-electron chi connectivity index (χ4n) is 3.21. The summed E-state index contributed by atoms with van der Waals surface area (Å²) in [6, 6.07) is 10.9. The highest BCUT2D eigenvalue weighted by Crippen LogP contribution is 2.31. The van der Waals surface area contributed by atoms with E-state index in [1.807, 2.05) is 0 Å². The maximum Gasteiger partial charge on any atom is 0.215 e. The average molecular weight is 487 g/mol. The van der Waals surface area contributed by atoms with Gasteiger partial charge in [-0.05, 0) is 63.2 Å². The molecule has 2 aromatic rings. The lowest BCUT2D eigenvalue weighted by molar-refractivity contribution is 0.555. The van der Waals surface area contributed by atoms with Gasteiger partial charge in [0, 0.05) is 0 Å². The maximum absolute atomic E-state index is 12.7. The molecule has 0 fully saturated rings. The lowest BCUT2D eigenvalue weighted by Gasteiger charge is -2.05. The molecule has 0 aliphatic heterocycles. The van der Waals surface area contributed by atoms with Gasteiger partial charge < -0.3 is 11.1 Å². The molecule has 6 nitrogen and oxygen atoms in total. The first-order chi connectivity index (χ1) is 14.9. The second kappa shape index (κ2) is 13.3. The fraction of sp³-hybridized carbons (Fsp3) is 0.545. The number of sulfone groups is 2. The van der Waals surface area contributed by atoms with Gasteiger partial charge in [-0.25, -0.2) is 16.8 Å². The van der Waals surface area contributed by atoms with Crippen LogP contribution in [0.4, 0.5) is 0 Å². The second-order valence-electron chi connectivity index (χ2n) is 7.58. The first-order valence-electron chi connectivity index (χ1n) is 10.9. The summed E-state index contributed by atoms with van der Waals surface area (Å²) < 4.78 is 50.7. The zero-order chi connectivity index (χ0) is 22.6. The Morgan fingerprint density at radius 2 is 1.29 bits per heavy atom. The van der Waals surface area contributed by atoms with Crippen molar-refractivity contribution >= 4 is 31.0 Å². The summed E-state index contributed by atoms with van der Waals surface area (Å²) in [5.74, 6) is 0.0589. The predicted octanol–water partition coefficient (Wildman–Crippen LogP) is 4.02. The normalized spacial score (nSPS) is 12.3. The van der Waals surface area contributed by atoms with Gasteiger partial charge in [-0.3, -0.25) is 0 Å². The average Bonchev–Trinajstić information content (AvgIpc) is 3.27. The Bertz CT molecular complexity index is 971. The van der Waals surface area contributed by atoms with Crippen LogP contribution in [0.15, 0.2) is 55.8 Å². The molecular weight excluding hydrogens is 452 g/mol. The van der Waals surface area contributed by atoms with E-state index in [2.05, 4.69) is 5.32 Å². The lowest BCUT2D eigenvalue weighted by atomic mass is 10.1. The Balaban J connectivity index is 1.69. The minimum atomic E-state index is -3.68. The molecule has 0 amide bonds. The van der Waals surface area contributed by atoms with E-state index in [0.29, 0.717) is 6.42 Å². The Hall–Kier alpha value is -1.26. The SMILES string of the molecule is NCCCNCCCCCCCCCS(=O)(=O)c1ccc(S(=O)(=O)c2ccccc2)s1. The third kappa shape index (κ3) is 8.65. The quantitative estimate of drug-likeness (QED) is 0.347. The van der Waals surface area contributed by atoms with Crippen LogP contribution in [-0.2, 0) is 19.7 Å². The van der Waals surface area contributed by atoms with Crippen LogP contribution in [0.2, 0.25) is 0 Å². The number of nitrogens with two attached hydrogens (primary N) is 1. The fourth-order valence-corrected chi connectivity index (χ4v) is 7.92. The maximum atomic E-state index is 12.7. The summed E-state index contributed by atoms with van der Waals surface area (Å²) in [5.41, 5.74) is 5.45. The van der Waals surface area contributed by atoms with Gasteiger partial charge in [0.05, 0.1) is 10.6 Å². The first kappa shape index (κ1) is 26.0. The van der Waals surface area contributed by atoms with Crippen LogP contribution in [0, 0.1) is 0 Å². The van der Waals surface area contributed by atoms with Crippen LogP contribution in [0.3, 0.4) is 0 Å². The number of benzene rings is 1. The van der Waals surface area contributed by atoms with Gasteiger partial charge in [0.15, 0.2) is 9.84 Å². The lowest BCUT2D eigenvalue weighted by Crippen LogP contribution is -2.19. The van der Waals surface area contributed by atoms with Crippen LogP contribution < -0.4 is 11.1 Å². The molecule has 1 aromatic heterocycles. The summed E-state index contributed by atoms with van der Waals surface area (Å²) in [6.07, 6.45) is 8.12. The molecule has 0 spiro atoms. The van der Waals surface area contributed by atoms with Gasteiger partial charge in [0.2, 0.25) is 9.84 Å². The van der Waals surface area contributed by atoms with Crippen molar-refractivity contribution in [3.8, 4) is 0 Å².